The minimum absolute atomic E-state index is 0.0711. The molecule has 100 valence electrons. The zero-order chi connectivity index (χ0) is 13.2. The van der Waals surface area contributed by atoms with Gasteiger partial charge in [-0.25, -0.2) is 14.6 Å². The van der Waals surface area contributed by atoms with Gasteiger partial charge in [0.1, 0.15) is 17.8 Å². The molecule has 0 bridgehead atoms. The van der Waals surface area contributed by atoms with Crippen molar-refractivity contribution < 1.29 is 4.79 Å². The van der Waals surface area contributed by atoms with Crippen molar-refractivity contribution in [2.75, 3.05) is 0 Å². The molecule has 2 aromatic heterocycles. The lowest BCUT2D eigenvalue weighted by molar-refractivity contribution is 0.0924. The van der Waals surface area contributed by atoms with E-state index in [2.05, 4.69) is 25.4 Å². The second-order valence-corrected chi connectivity index (χ2v) is 4.69. The van der Waals surface area contributed by atoms with E-state index in [4.69, 9.17) is 0 Å². The number of aromatic amines is 1. The predicted octanol–water partition coefficient (Wildman–Crippen LogP) is 0.902. The third kappa shape index (κ3) is 2.35. The number of rotatable bonds is 5. The SMILES string of the molecule is CCn1ncnc1[C@H](NC(=O)c1cnc[nH]1)C1CC1. The van der Waals surface area contributed by atoms with Crippen molar-refractivity contribution in [3.63, 3.8) is 0 Å². The lowest BCUT2D eigenvalue weighted by Gasteiger charge is -2.17. The quantitative estimate of drug-likeness (QED) is 0.836. The number of aryl methyl sites for hydroxylation is 1. The van der Waals surface area contributed by atoms with E-state index in [1.54, 1.807) is 0 Å². The van der Waals surface area contributed by atoms with Crippen molar-refractivity contribution in [3.8, 4) is 0 Å². The monoisotopic (exact) mass is 260 g/mol. The van der Waals surface area contributed by atoms with Gasteiger partial charge in [0.05, 0.1) is 18.6 Å². The third-order valence-electron chi connectivity index (χ3n) is 3.35. The zero-order valence-electron chi connectivity index (χ0n) is 10.7. The van der Waals surface area contributed by atoms with Crippen LogP contribution >= 0.6 is 0 Å². The Morgan fingerprint density at radius 2 is 2.47 bits per heavy atom. The number of carbonyl (C=O) groups excluding carboxylic acids is 1. The van der Waals surface area contributed by atoms with E-state index in [1.807, 2.05) is 11.6 Å². The minimum atomic E-state index is -0.153. The fourth-order valence-electron chi connectivity index (χ4n) is 2.18. The van der Waals surface area contributed by atoms with Crippen LogP contribution in [0.5, 0.6) is 0 Å². The summed E-state index contributed by atoms with van der Waals surface area (Å²) < 4.78 is 1.83. The second-order valence-electron chi connectivity index (χ2n) is 4.69. The first-order valence-corrected chi connectivity index (χ1v) is 6.46. The molecule has 1 aliphatic carbocycles. The third-order valence-corrected chi connectivity index (χ3v) is 3.35. The molecule has 1 aliphatic rings. The molecule has 19 heavy (non-hydrogen) atoms. The average Bonchev–Trinajstić information content (AvgIpc) is 2.95. The van der Waals surface area contributed by atoms with Crippen molar-refractivity contribution in [3.05, 3.63) is 30.4 Å². The van der Waals surface area contributed by atoms with Gasteiger partial charge in [0.2, 0.25) is 0 Å². The number of nitrogens with zero attached hydrogens (tertiary/aromatic N) is 4. The molecule has 0 spiro atoms. The Morgan fingerprint density at radius 3 is 3.11 bits per heavy atom. The molecule has 0 unspecified atom stereocenters. The Labute approximate surface area is 110 Å². The standard InChI is InChI=1S/C12H16N6O/c1-2-18-11(15-7-16-18)10(8-3-4-8)17-12(19)9-5-13-6-14-9/h5-8,10H,2-4H2,1H3,(H,13,14)(H,17,19)/t10-/m1/s1. The molecule has 7 heteroatoms. The van der Waals surface area contributed by atoms with Gasteiger partial charge in [0.25, 0.3) is 5.91 Å². The van der Waals surface area contributed by atoms with Crippen LogP contribution < -0.4 is 5.32 Å². The highest BCUT2D eigenvalue weighted by Crippen LogP contribution is 2.40. The molecule has 0 aliphatic heterocycles. The number of H-pyrrole nitrogens is 1. The highest BCUT2D eigenvalue weighted by molar-refractivity contribution is 5.92. The lowest BCUT2D eigenvalue weighted by atomic mass is 10.1. The van der Waals surface area contributed by atoms with Gasteiger partial charge in [-0.05, 0) is 25.7 Å². The van der Waals surface area contributed by atoms with Crippen molar-refractivity contribution >= 4 is 5.91 Å². The molecule has 2 heterocycles. The molecule has 1 amide bonds. The van der Waals surface area contributed by atoms with E-state index in [1.165, 1.54) is 18.9 Å². The van der Waals surface area contributed by atoms with Gasteiger partial charge in [-0.1, -0.05) is 0 Å². The number of nitrogens with one attached hydrogen (secondary N) is 2. The van der Waals surface area contributed by atoms with Gasteiger partial charge < -0.3 is 10.3 Å². The minimum Gasteiger partial charge on any atom is -0.341 e. The molecular weight excluding hydrogens is 244 g/mol. The van der Waals surface area contributed by atoms with Gasteiger partial charge in [-0.15, -0.1) is 0 Å². The molecule has 1 atom stereocenters. The van der Waals surface area contributed by atoms with Crippen LogP contribution in [0.3, 0.4) is 0 Å². The van der Waals surface area contributed by atoms with E-state index in [-0.39, 0.29) is 11.9 Å². The number of carbonyl (C=O) groups is 1. The Morgan fingerprint density at radius 1 is 1.63 bits per heavy atom. The van der Waals surface area contributed by atoms with Crippen LogP contribution in [0.15, 0.2) is 18.9 Å². The molecule has 1 fully saturated rings. The maximum atomic E-state index is 12.1. The zero-order valence-corrected chi connectivity index (χ0v) is 10.7. The fourth-order valence-corrected chi connectivity index (χ4v) is 2.18. The molecule has 3 rings (SSSR count). The number of hydrogen-bond acceptors (Lipinski definition) is 4. The summed E-state index contributed by atoms with van der Waals surface area (Å²) in [5, 5.41) is 7.19. The van der Waals surface area contributed by atoms with E-state index >= 15 is 0 Å². The number of imidazole rings is 1. The molecule has 1 saturated carbocycles. The maximum absolute atomic E-state index is 12.1. The Hall–Kier alpha value is -2.18. The summed E-state index contributed by atoms with van der Waals surface area (Å²) in [6.45, 7) is 2.76. The van der Waals surface area contributed by atoms with E-state index in [0.717, 1.165) is 25.2 Å². The summed E-state index contributed by atoms with van der Waals surface area (Å²) >= 11 is 0. The Balaban J connectivity index is 1.80. The molecule has 0 aromatic carbocycles. The van der Waals surface area contributed by atoms with Gasteiger partial charge in [0.15, 0.2) is 0 Å². The van der Waals surface area contributed by atoms with Crippen LogP contribution in [-0.2, 0) is 6.54 Å². The summed E-state index contributed by atoms with van der Waals surface area (Å²) in [5.41, 5.74) is 0.466. The van der Waals surface area contributed by atoms with Gasteiger partial charge in [-0.3, -0.25) is 4.79 Å². The molecule has 0 radical (unpaired) electrons. The van der Waals surface area contributed by atoms with Crippen LogP contribution in [-0.4, -0.2) is 30.6 Å². The predicted molar refractivity (Wildman–Crippen MR) is 67.2 cm³/mol. The van der Waals surface area contributed by atoms with E-state index < -0.39 is 0 Å². The van der Waals surface area contributed by atoms with Gasteiger partial charge in [0, 0.05) is 6.54 Å². The summed E-state index contributed by atoms with van der Waals surface area (Å²) in [6.07, 6.45) is 6.78. The van der Waals surface area contributed by atoms with Crippen LogP contribution in [0.1, 0.15) is 42.1 Å². The van der Waals surface area contributed by atoms with Crippen LogP contribution in [0.25, 0.3) is 0 Å². The van der Waals surface area contributed by atoms with Gasteiger partial charge in [-0.2, -0.15) is 5.10 Å². The largest absolute Gasteiger partial charge is 0.341 e. The molecule has 0 saturated heterocycles. The Bertz CT molecular complexity index is 557. The molecule has 2 aromatic rings. The molecule has 7 nitrogen and oxygen atoms in total. The summed E-state index contributed by atoms with van der Waals surface area (Å²) in [5.74, 6) is 1.14. The van der Waals surface area contributed by atoms with Crippen LogP contribution in [0, 0.1) is 5.92 Å². The first-order chi connectivity index (χ1) is 9.29. The first-order valence-electron chi connectivity index (χ1n) is 6.46. The topological polar surface area (TPSA) is 88.5 Å². The van der Waals surface area contributed by atoms with Crippen molar-refractivity contribution in [1.29, 1.82) is 0 Å². The second kappa shape index (κ2) is 4.83. The number of amides is 1. The normalized spacial score (nSPS) is 16.3. The highest BCUT2D eigenvalue weighted by atomic mass is 16.2. The summed E-state index contributed by atoms with van der Waals surface area (Å²) in [7, 11) is 0. The smallest absolute Gasteiger partial charge is 0.269 e. The lowest BCUT2D eigenvalue weighted by Crippen LogP contribution is -2.32. The average molecular weight is 260 g/mol. The maximum Gasteiger partial charge on any atom is 0.269 e. The van der Waals surface area contributed by atoms with Crippen LogP contribution in [0.4, 0.5) is 0 Å². The van der Waals surface area contributed by atoms with E-state index in [9.17, 15) is 4.79 Å². The summed E-state index contributed by atoms with van der Waals surface area (Å²) in [6, 6.07) is -0.0711. The van der Waals surface area contributed by atoms with Crippen molar-refractivity contribution in [1.82, 2.24) is 30.0 Å². The van der Waals surface area contributed by atoms with Crippen molar-refractivity contribution in [2.24, 2.45) is 5.92 Å². The van der Waals surface area contributed by atoms with Crippen molar-refractivity contribution in [2.45, 2.75) is 32.4 Å². The highest BCUT2D eigenvalue weighted by Gasteiger charge is 2.36. The number of hydrogen-bond donors (Lipinski definition) is 2. The number of aromatic nitrogens is 5. The Kier molecular flexibility index (Phi) is 3.02. The van der Waals surface area contributed by atoms with E-state index in [0.29, 0.717) is 11.6 Å². The molecular formula is C12H16N6O. The molecule has 2 N–H and O–H groups in total. The fraction of sp³-hybridized carbons (Fsp3) is 0.500. The van der Waals surface area contributed by atoms with Gasteiger partial charge >= 0.3 is 0 Å². The van der Waals surface area contributed by atoms with Crippen LogP contribution in [0.2, 0.25) is 0 Å². The summed E-state index contributed by atoms with van der Waals surface area (Å²) in [4.78, 5) is 23.1. The first kappa shape index (κ1) is 11.9.